The van der Waals surface area contributed by atoms with Gasteiger partial charge in [-0.1, -0.05) is 22.8 Å². The summed E-state index contributed by atoms with van der Waals surface area (Å²) in [5.74, 6) is 0.437. The number of rotatable bonds is 6. The van der Waals surface area contributed by atoms with E-state index in [4.69, 9.17) is 16.1 Å². The highest BCUT2D eigenvalue weighted by Gasteiger charge is 2.13. The van der Waals surface area contributed by atoms with Crippen molar-refractivity contribution in [3.63, 3.8) is 0 Å². The molecule has 3 aromatic rings. The Morgan fingerprint density at radius 2 is 2.00 bits per heavy atom. The van der Waals surface area contributed by atoms with E-state index < -0.39 is 4.92 Å². The summed E-state index contributed by atoms with van der Waals surface area (Å²) in [6, 6.07) is 11.3. The number of aromatic nitrogens is 2. The lowest BCUT2D eigenvalue weighted by atomic mass is 10.1. The van der Waals surface area contributed by atoms with Gasteiger partial charge in [0.25, 0.3) is 5.69 Å². The van der Waals surface area contributed by atoms with E-state index >= 15 is 0 Å². The van der Waals surface area contributed by atoms with Crippen LogP contribution in [0.4, 0.5) is 11.4 Å². The fraction of sp³-hybridized carbons (Fsp3) is 0.167. The Kier molecular flexibility index (Phi) is 5.46. The fourth-order valence-corrected chi connectivity index (χ4v) is 2.49. The van der Waals surface area contributed by atoms with Crippen LogP contribution in [0.5, 0.6) is 0 Å². The van der Waals surface area contributed by atoms with Crippen molar-refractivity contribution in [1.82, 2.24) is 10.1 Å². The van der Waals surface area contributed by atoms with E-state index in [1.165, 1.54) is 12.1 Å². The Morgan fingerprint density at radius 1 is 1.26 bits per heavy atom. The number of hydrogen-bond acceptors (Lipinski definition) is 6. The Morgan fingerprint density at radius 3 is 2.70 bits per heavy atom. The van der Waals surface area contributed by atoms with Crippen molar-refractivity contribution < 1.29 is 14.2 Å². The predicted octanol–water partition coefficient (Wildman–Crippen LogP) is 4.18. The SMILES string of the molecule is Cc1ccc([N+](=O)[O-])cc1NC(=O)CCc1nc(-c2ccc(Cl)cc2)no1. The number of carbonyl (C=O) groups is 1. The van der Waals surface area contributed by atoms with Crippen LogP contribution in [-0.4, -0.2) is 21.0 Å². The standard InChI is InChI=1S/C18H15ClN4O4/c1-11-2-7-14(23(25)26)10-15(11)20-16(24)8-9-17-21-18(22-27-17)12-3-5-13(19)6-4-12/h2-7,10H,8-9H2,1H3,(H,20,24). The van der Waals surface area contributed by atoms with Gasteiger partial charge >= 0.3 is 0 Å². The average molecular weight is 387 g/mol. The van der Waals surface area contributed by atoms with Crippen LogP contribution in [0.1, 0.15) is 17.9 Å². The zero-order valence-electron chi connectivity index (χ0n) is 14.3. The third-order valence-corrected chi connectivity index (χ3v) is 4.09. The van der Waals surface area contributed by atoms with Crippen molar-refractivity contribution in [1.29, 1.82) is 0 Å². The van der Waals surface area contributed by atoms with E-state index in [1.54, 1.807) is 37.3 Å². The Balaban J connectivity index is 1.61. The first-order valence-electron chi connectivity index (χ1n) is 8.06. The molecule has 1 heterocycles. The van der Waals surface area contributed by atoms with Crippen LogP contribution in [-0.2, 0) is 11.2 Å². The van der Waals surface area contributed by atoms with Crippen LogP contribution in [0, 0.1) is 17.0 Å². The molecule has 0 aliphatic rings. The fourth-order valence-electron chi connectivity index (χ4n) is 2.36. The number of nitro groups is 1. The van der Waals surface area contributed by atoms with E-state index in [-0.39, 0.29) is 24.4 Å². The van der Waals surface area contributed by atoms with Crippen molar-refractivity contribution >= 4 is 28.9 Å². The van der Waals surface area contributed by atoms with Gasteiger partial charge in [0, 0.05) is 35.6 Å². The molecule has 0 aliphatic heterocycles. The van der Waals surface area contributed by atoms with Gasteiger partial charge in [0.15, 0.2) is 0 Å². The monoisotopic (exact) mass is 386 g/mol. The minimum Gasteiger partial charge on any atom is -0.339 e. The Hall–Kier alpha value is -3.26. The number of nitro benzene ring substituents is 1. The third kappa shape index (κ3) is 4.68. The number of anilines is 1. The van der Waals surface area contributed by atoms with Gasteiger partial charge in [0.2, 0.25) is 17.6 Å². The molecule has 0 radical (unpaired) electrons. The molecule has 27 heavy (non-hydrogen) atoms. The summed E-state index contributed by atoms with van der Waals surface area (Å²) in [6.45, 7) is 1.76. The Labute approximate surface area is 159 Å². The van der Waals surface area contributed by atoms with Crippen LogP contribution in [0.15, 0.2) is 47.0 Å². The molecule has 8 nitrogen and oxygen atoms in total. The van der Waals surface area contributed by atoms with E-state index in [0.29, 0.717) is 22.4 Å². The minimum atomic E-state index is -0.508. The molecule has 0 bridgehead atoms. The number of non-ortho nitro benzene ring substituents is 1. The molecular formula is C18H15ClN4O4. The molecule has 0 fully saturated rings. The molecule has 3 rings (SSSR count). The van der Waals surface area contributed by atoms with Gasteiger partial charge in [0.1, 0.15) is 0 Å². The summed E-state index contributed by atoms with van der Waals surface area (Å²) in [5.41, 5.74) is 1.81. The molecule has 138 valence electrons. The zero-order valence-corrected chi connectivity index (χ0v) is 15.1. The number of carbonyl (C=O) groups excluding carboxylic acids is 1. The molecule has 0 atom stereocenters. The number of aryl methyl sites for hydroxylation is 2. The first kappa shape index (κ1) is 18.5. The van der Waals surface area contributed by atoms with Gasteiger partial charge in [-0.05, 0) is 36.8 Å². The van der Waals surface area contributed by atoms with Crippen molar-refractivity contribution in [3.05, 3.63) is 69.1 Å². The number of nitrogens with zero attached hydrogens (tertiary/aromatic N) is 3. The summed E-state index contributed by atoms with van der Waals surface area (Å²) in [4.78, 5) is 26.8. The normalized spacial score (nSPS) is 10.6. The second kappa shape index (κ2) is 7.96. The van der Waals surface area contributed by atoms with Gasteiger partial charge in [-0.25, -0.2) is 0 Å². The molecule has 0 unspecified atom stereocenters. The van der Waals surface area contributed by atoms with Crippen LogP contribution in [0.3, 0.4) is 0 Å². The minimum absolute atomic E-state index is 0.0830. The van der Waals surface area contributed by atoms with Gasteiger partial charge in [0.05, 0.1) is 10.6 Å². The van der Waals surface area contributed by atoms with Crippen molar-refractivity contribution in [2.75, 3.05) is 5.32 Å². The zero-order chi connectivity index (χ0) is 19.4. The molecule has 0 aliphatic carbocycles. The van der Waals surface area contributed by atoms with Gasteiger partial charge < -0.3 is 9.84 Å². The number of benzene rings is 2. The molecule has 1 N–H and O–H groups in total. The summed E-state index contributed by atoms with van der Waals surface area (Å²) in [5, 5.41) is 18.0. The molecule has 0 spiro atoms. The van der Waals surface area contributed by atoms with Crippen LogP contribution >= 0.6 is 11.6 Å². The Bertz CT molecular complexity index is 985. The molecule has 1 amide bonds. The quantitative estimate of drug-likeness (QED) is 0.502. The molecular weight excluding hydrogens is 372 g/mol. The lowest BCUT2D eigenvalue weighted by molar-refractivity contribution is -0.384. The highest BCUT2D eigenvalue weighted by atomic mass is 35.5. The number of amides is 1. The largest absolute Gasteiger partial charge is 0.339 e. The smallest absolute Gasteiger partial charge is 0.271 e. The first-order valence-corrected chi connectivity index (χ1v) is 8.43. The molecule has 1 aromatic heterocycles. The second-order valence-corrected chi connectivity index (χ2v) is 6.26. The predicted molar refractivity (Wildman–Crippen MR) is 99.5 cm³/mol. The summed E-state index contributed by atoms with van der Waals surface area (Å²) < 4.78 is 5.16. The van der Waals surface area contributed by atoms with E-state index in [0.717, 1.165) is 11.1 Å². The second-order valence-electron chi connectivity index (χ2n) is 5.82. The average Bonchev–Trinajstić information content (AvgIpc) is 3.11. The van der Waals surface area contributed by atoms with Crippen LogP contribution < -0.4 is 5.32 Å². The summed E-state index contributed by atoms with van der Waals surface area (Å²) >= 11 is 5.85. The molecule has 9 heteroatoms. The maximum Gasteiger partial charge on any atom is 0.271 e. The highest BCUT2D eigenvalue weighted by Crippen LogP contribution is 2.22. The molecule has 0 saturated carbocycles. The van der Waals surface area contributed by atoms with Crippen molar-refractivity contribution in [2.24, 2.45) is 0 Å². The van der Waals surface area contributed by atoms with Gasteiger partial charge in [-0.2, -0.15) is 4.98 Å². The summed E-state index contributed by atoms with van der Waals surface area (Å²) in [6.07, 6.45) is 0.352. The molecule has 0 saturated heterocycles. The number of halogens is 1. The number of hydrogen-bond donors (Lipinski definition) is 1. The van der Waals surface area contributed by atoms with Gasteiger partial charge in [-0.15, -0.1) is 0 Å². The lowest BCUT2D eigenvalue weighted by Gasteiger charge is -2.07. The lowest BCUT2D eigenvalue weighted by Crippen LogP contribution is -2.13. The third-order valence-electron chi connectivity index (χ3n) is 3.84. The maximum absolute atomic E-state index is 12.1. The van der Waals surface area contributed by atoms with Crippen molar-refractivity contribution in [2.45, 2.75) is 19.8 Å². The van der Waals surface area contributed by atoms with Crippen molar-refractivity contribution in [3.8, 4) is 11.4 Å². The first-order chi connectivity index (χ1) is 12.9. The molecule has 2 aromatic carbocycles. The van der Waals surface area contributed by atoms with E-state index in [2.05, 4.69) is 15.5 Å². The summed E-state index contributed by atoms with van der Waals surface area (Å²) in [7, 11) is 0. The van der Waals surface area contributed by atoms with E-state index in [1.807, 2.05) is 0 Å². The number of nitrogens with one attached hydrogen (secondary N) is 1. The topological polar surface area (TPSA) is 111 Å². The van der Waals surface area contributed by atoms with Gasteiger partial charge in [-0.3, -0.25) is 14.9 Å². The maximum atomic E-state index is 12.1. The van der Waals surface area contributed by atoms with Crippen LogP contribution in [0.2, 0.25) is 5.02 Å². The highest BCUT2D eigenvalue weighted by molar-refractivity contribution is 6.30. The van der Waals surface area contributed by atoms with Crippen LogP contribution in [0.25, 0.3) is 11.4 Å². The van der Waals surface area contributed by atoms with E-state index in [9.17, 15) is 14.9 Å².